The molecular weight excluding hydrogens is 298 g/mol. The Bertz CT molecular complexity index is 687. The van der Waals surface area contributed by atoms with Crippen LogP contribution in [0.2, 0.25) is 5.02 Å². The molecule has 0 atom stereocenters. The van der Waals surface area contributed by atoms with Crippen molar-refractivity contribution >= 4 is 35.0 Å². The van der Waals surface area contributed by atoms with Gasteiger partial charge >= 0.3 is 0 Å². The number of rotatable bonds is 4. The number of aryl methyl sites for hydroxylation is 1. The molecule has 1 aromatic carbocycles. The standard InChI is InChI=1S/C13H12ClN3O2S/c1-8-6-11(18)17-13(15-8)20-7-12(19)16-10-5-3-2-4-9(10)14/h2-6H,7H2,1H3,(H,16,19)(H,15,17,18). The second-order valence-corrected chi connectivity index (χ2v) is 5.38. The lowest BCUT2D eigenvalue weighted by Crippen LogP contribution is -2.15. The lowest BCUT2D eigenvalue weighted by atomic mass is 10.3. The number of anilines is 1. The van der Waals surface area contributed by atoms with Crippen molar-refractivity contribution in [2.45, 2.75) is 12.1 Å². The van der Waals surface area contributed by atoms with Gasteiger partial charge in [-0.25, -0.2) is 4.98 Å². The van der Waals surface area contributed by atoms with Crippen molar-refractivity contribution in [1.29, 1.82) is 0 Å². The van der Waals surface area contributed by atoms with Gasteiger partial charge in [0.1, 0.15) is 0 Å². The van der Waals surface area contributed by atoms with Gasteiger partial charge in [0.05, 0.1) is 16.5 Å². The minimum Gasteiger partial charge on any atom is -0.324 e. The fraction of sp³-hybridized carbons (Fsp3) is 0.154. The molecular formula is C13H12ClN3O2S. The number of aromatic nitrogens is 2. The number of H-pyrrole nitrogens is 1. The number of aromatic amines is 1. The first-order chi connectivity index (χ1) is 9.54. The number of benzene rings is 1. The van der Waals surface area contributed by atoms with E-state index >= 15 is 0 Å². The Hall–Kier alpha value is -1.79. The Morgan fingerprint density at radius 1 is 1.45 bits per heavy atom. The molecule has 0 bridgehead atoms. The van der Waals surface area contributed by atoms with E-state index in [4.69, 9.17) is 11.6 Å². The van der Waals surface area contributed by atoms with E-state index < -0.39 is 0 Å². The van der Waals surface area contributed by atoms with Crippen molar-refractivity contribution in [3.63, 3.8) is 0 Å². The average molecular weight is 310 g/mol. The normalized spacial score (nSPS) is 10.3. The first-order valence-corrected chi connectivity index (χ1v) is 7.16. The topological polar surface area (TPSA) is 74.8 Å². The van der Waals surface area contributed by atoms with Crippen molar-refractivity contribution in [2.75, 3.05) is 11.1 Å². The minimum atomic E-state index is -0.230. The molecule has 0 aliphatic rings. The van der Waals surface area contributed by atoms with E-state index in [1.807, 2.05) is 0 Å². The van der Waals surface area contributed by atoms with Crippen LogP contribution >= 0.6 is 23.4 Å². The Morgan fingerprint density at radius 3 is 2.90 bits per heavy atom. The number of nitrogens with zero attached hydrogens (tertiary/aromatic N) is 1. The third-order valence-electron chi connectivity index (χ3n) is 2.34. The Labute approximate surface area is 124 Å². The van der Waals surface area contributed by atoms with Crippen LogP contribution in [0.4, 0.5) is 5.69 Å². The number of halogens is 1. The van der Waals surface area contributed by atoms with Crippen molar-refractivity contribution in [3.8, 4) is 0 Å². The maximum Gasteiger partial charge on any atom is 0.251 e. The molecule has 2 rings (SSSR count). The lowest BCUT2D eigenvalue weighted by Gasteiger charge is -2.06. The van der Waals surface area contributed by atoms with Crippen LogP contribution in [-0.4, -0.2) is 21.6 Å². The molecule has 0 unspecified atom stereocenters. The van der Waals surface area contributed by atoms with Crippen LogP contribution < -0.4 is 10.9 Å². The second kappa shape index (κ2) is 6.58. The number of carbonyl (C=O) groups excluding carboxylic acids is 1. The zero-order chi connectivity index (χ0) is 14.5. The van der Waals surface area contributed by atoms with Crippen molar-refractivity contribution in [3.05, 3.63) is 51.4 Å². The summed E-state index contributed by atoms with van der Waals surface area (Å²) in [5, 5.41) is 3.60. The van der Waals surface area contributed by atoms with Crippen LogP contribution in [-0.2, 0) is 4.79 Å². The van der Waals surface area contributed by atoms with E-state index in [1.54, 1.807) is 31.2 Å². The van der Waals surface area contributed by atoms with Crippen molar-refractivity contribution in [1.82, 2.24) is 9.97 Å². The fourth-order valence-corrected chi connectivity index (χ4v) is 2.41. The summed E-state index contributed by atoms with van der Waals surface area (Å²) >= 11 is 7.11. The van der Waals surface area contributed by atoms with Gasteiger partial charge in [-0.2, -0.15) is 0 Å². The van der Waals surface area contributed by atoms with E-state index in [9.17, 15) is 9.59 Å². The molecule has 0 aliphatic carbocycles. The maximum absolute atomic E-state index is 11.8. The summed E-state index contributed by atoms with van der Waals surface area (Å²) in [4.78, 5) is 29.8. The van der Waals surface area contributed by atoms with E-state index in [2.05, 4.69) is 15.3 Å². The predicted octanol–water partition coefficient (Wildman–Crippen LogP) is 2.46. The van der Waals surface area contributed by atoms with Gasteiger partial charge in [-0.3, -0.25) is 9.59 Å². The average Bonchev–Trinajstić information content (AvgIpc) is 2.38. The summed E-state index contributed by atoms with van der Waals surface area (Å²) in [6.07, 6.45) is 0. The quantitative estimate of drug-likeness (QED) is 0.672. The van der Waals surface area contributed by atoms with E-state index in [1.165, 1.54) is 6.07 Å². The molecule has 0 aliphatic heterocycles. The minimum absolute atomic E-state index is 0.137. The number of hydrogen-bond acceptors (Lipinski definition) is 4. The van der Waals surface area contributed by atoms with Gasteiger partial charge in [0.15, 0.2) is 5.16 Å². The zero-order valence-electron chi connectivity index (χ0n) is 10.6. The molecule has 2 aromatic rings. The van der Waals surface area contributed by atoms with Gasteiger partial charge in [-0.15, -0.1) is 0 Å². The first-order valence-electron chi connectivity index (χ1n) is 5.80. The van der Waals surface area contributed by atoms with Gasteiger partial charge in [0.25, 0.3) is 5.56 Å². The summed E-state index contributed by atoms with van der Waals surface area (Å²) in [5.41, 5.74) is 0.944. The van der Waals surface area contributed by atoms with Gasteiger partial charge in [0, 0.05) is 11.8 Å². The van der Waals surface area contributed by atoms with E-state index in [0.29, 0.717) is 21.6 Å². The lowest BCUT2D eigenvalue weighted by molar-refractivity contribution is -0.113. The molecule has 104 valence electrons. The van der Waals surface area contributed by atoms with Crippen LogP contribution in [0.25, 0.3) is 0 Å². The Kier molecular flexibility index (Phi) is 4.81. The van der Waals surface area contributed by atoms with Crippen molar-refractivity contribution < 1.29 is 4.79 Å². The number of para-hydroxylation sites is 1. The summed E-state index contributed by atoms with van der Waals surface area (Å²) < 4.78 is 0. The fourth-order valence-electron chi connectivity index (χ4n) is 1.50. The van der Waals surface area contributed by atoms with Crippen LogP contribution in [0.15, 0.2) is 40.3 Å². The van der Waals surface area contributed by atoms with E-state index in [0.717, 1.165) is 11.8 Å². The summed E-state index contributed by atoms with van der Waals surface area (Å²) in [7, 11) is 0. The smallest absolute Gasteiger partial charge is 0.251 e. The summed E-state index contributed by atoms with van der Waals surface area (Å²) in [6, 6.07) is 8.39. The van der Waals surface area contributed by atoms with Gasteiger partial charge in [-0.1, -0.05) is 35.5 Å². The van der Waals surface area contributed by atoms with Crippen LogP contribution in [0, 0.1) is 6.92 Å². The third kappa shape index (κ3) is 4.11. The zero-order valence-corrected chi connectivity index (χ0v) is 12.2. The first kappa shape index (κ1) is 14.6. The third-order valence-corrected chi connectivity index (χ3v) is 3.54. The summed E-state index contributed by atoms with van der Waals surface area (Å²) in [5.74, 6) is -0.0790. The summed E-state index contributed by atoms with van der Waals surface area (Å²) in [6.45, 7) is 1.73. The molecule has 0 saturated carbocycles. The highest BCUT2D eigenvalue weighted by molar-refractivity contribution is 7.99. The van der Waals surface area contributed by atoms with Crippen LogP contribution in [0.5, 0.6) is 0 Å². The largest absolute Gasteiger partial charge is 0.324 e. The number of hydrogen-bond donors (Lipinski definition) is 2. The highest BCUT2D eigenvalue weighted by atomic mass is 35.5. The molecule has 2 N–H and O–H groups in total. The molecule has 7 heteroatoms. The van der Waals surface area contributed by atoms with Gasteiger partial charge in [-0.05, 0) is 19.1 Å². The number of nitrogens with one attached hydrogen (secondary N) is 2. The molecule has 1 aromatic heterocycles. The molecule has 0 fully saturated rings. The number of carbonyl (C=O) groups is 1. The van der Waals surface area contributed by atoms with Gasteiger partial charge in [0.2, 0.25) is 5.91 Å². The monoisotopic (exact) mass is 309 g/mol. The molecule has 0 radical (unpaired) electrons. The molecule has 1 heterocycles. The van der Waals surface area contributed by atoms with Gasteiger partial charge < -0.3 is 10.3 Å². The highest BCUT2D eigenvalue weighted by Crippen LogP contribution is 2.21. The molecule has 0 spiro atoms. The van der Waals surface area contributed by atoms with E-state index in [-0.39, 0.29) is 17.2 Å². The molecule has 1 amide bonds. The highest BCUT2D eigenvalue weighted by Gasteiger charge is 2.07. The SMILES string of the molecule is Cc1cc(=O)[nH]c(SCC(=O)Nc2ccccc2Cl)n1. The van der Waals surface area contributed by atoms with Crippen LogP contribution in [0.1, 0.15) is 5.69 Å². The number of amides is 1. The van der Waals surface area contributed by atoms with Crippen molar-refractivity contribution in [2.24, 2.45) is 0 Å². The molecule has 5 nitrogen and oxygen atoms in total. The predicted molar refractivity (Wildman–Crippen MR) is 80.4 cm³/mol. The van der Waals surface area contributed by atoms with Crippen LogP contribution in [0.3, 0.4) is 0 Å². The Morgan fingerprint density at radius 2 is 2.20 bits per heavy atom. The molecule has 20 heavy (non-hydrogen) atoms. The second-order valence-electron chi connectivity index (χ2n) is 4.01. The number of thioether (sulfide) groups is 1. The maximum atomic E-state index is 11.8. The Balaban J connectivity index is 1.96. The molecule has 0 saturated heterocycles.